The lowest BCUT2D eigenvalue weighted by atomic mass is 10.1. The summed E-state index contributed by atoms with van der Waals surface area (Å²) in [6.07, 6.45) is 76.8. The number of aliphatic hydroxyl groups is 1. The van der Waals surface area contributed by atoms with E-state index in [1.165, 1.54) is 103 Å². The molecule has 100 heavy (non-hydrogen) atoms. The lowest BCUT2D eigenvalue weighted by Gasteiger charge is -2.21. The number of carbonyl (C=O) groups is 4. The molecule has 0 radical (unpaired) electrons. The predicted octanol–water partition coefficient (Wildman–Crippen LogP) is 22.8. The van der Waals surface area contributed by atoms with Crippen LogP contribution >= 0.6 is 15.6 Å². The summed E-state index contributed by atoms with van der Waals surface area (Å²) in [4.78, 5) is 72.9. The zero-order valence-corrected chi connectivity index (χ0v) is 64.9. The summed E-state index contributed by atoms with van der Waals surface area (Å²) < 4.78 is 68.5. The van der Waals surface area contributed by atoms with Crippen molar-refractivity contribution in [2.45, 2.75) is 354 Å². The summed E-state index contributed by atoms with van der Waals surface area (Å²) >= 11 is 0. The Labute approximate surface area is 607 Å². The van der Waals surface area contributed by atoms with Gasteiger partial charge in [-0.1, -0.05) is 260 Å². The van der Waals surface area contributed by atoms with Crippen LogP contribution < -0.4 is 0 Å². The van der Waals surface area contributed by atoms with Gasteiger partial charge in [0.05, 0.1) is 26.4 Å². The van der Waals surface area contributed by atoms with Crippen molar-refractivity contribution in [3.63, 3.8) is 0 Å². The molecule has 0 aromatic carbocycles. The van der Waals surface area contributed by atoms with E-state index in [0.29, 0.717) is 32.1 Å². The molecule has 17 nitrogen and oxygen atoms in total. The highest BCUT2D eigenvalue weighted by Crippen LogP contribution is 2.45. The number of aliphatic hydroxyl groups excluding tert-OH is 1. The van der Waals surface area contributed by atoms with E-state index >= 15 is 0 Å². The lowest BCUT2D eigenvalue weighted by Crippen LogP contribution is -2.30. The average Bonchev–Trinajstić information content (AvgIpc) is 0.965. The van der Waals surface area contributed by atoms with E-state index < -0.39 is 97.5 Å². The normalized spacial score (nSPS) is 14.4. The van der Waals surface area contributed by atoms with Crippen molar-refractivity contribution in [2.24, 2.45) is 0 Å². The molecular weight excluding hydrogens is 1310 g/mol. The molecule has 0 aliphatic carbocycles. The molecule has 0 saturated heterocycles. The molecule has 3 N–H and O–H groups in total. The van der Waals surface area contributed by atoms with Crippen LogP contribution in [0.15, 0.2) is 97.2 Å². The van der Waals surface area contributed by atoms with Crippen LogP contribution in [0.2, 0.25) is 0 Å². The fourth-order valence-corrected chi connectivity index (χ4v) is 12.0. The van der Waals surface area contributed by atoms with Gasteiger partial charge in [0.15, 0.2) is 12.2 Å². The summed E-state index contributed by atoms with van der Waals surface area (Å²) in [6, 6.07) is 0. The minimum atomic E-state index is -4.99. The van der Waals surface area contributed by atoms with Crippen LogP contribution in [0.1, 0.15) is 336 Å². The van der Waals surface area contributed by atoms with Crippen LogP contribution in [0, 0.1) is 0 Å². The number of phosphoric ester groups is 2. The van der Waals surface area contributed by atoms with E-state index in [2.05, 4.69) is 113 Å². The van der Waals surface area contributed by atoms with Crippen LogP contribution in [0.3, 0.4) is 0 Å². The van der Waals surface area contributed by atoms with Gasteiger partial charge in [-0.05, 0) is 148 Å². The fourth-order valence-electron chi connectivity index (χ4n) is 10.4. The molecule has 5 atom stereocenters. The summed E-state index contributed by atoms with van der Waals surface area (Å²) in [5, 5.41) is 10.6. The van der Waals surface area contributed by atoms with Gasteiger partial charge in [-0.15, -0.1) is 0 Å². The number of hydrogen-bond acceptors (Lipinski definition) is 15. The van der Waals surface area contributed by atoms with Crippen molar-refractivity contribution in [1.29, 1.82) is 0 Å². The summed E-state index contributed by atoms with van der Waals surface area (Å²) in [6.45, 7) is 4.73. The first-order valence-electron chi connectivity index (χ1n) is 39.5. The summed E-state index contributed by atoms with van der Waals surface area (Å²) in [5.74, 6) is -2.26. The second kappa shape index (κ2) is 73.3. The third-order valence-electron chi connectivity index (χ3n) is 16.5. The van der Waals surface area contributed by atoms with Crippen molar-refractivity contribution in [1.82, 2.24) is 0 Å². The maximum atomic E-state index is 13.1. The van der Waals surface area contributed by atoms with Crippen molar-refractivity contribution < 1.29 is 80.2 Å². The largest absolute Gasteiger partial charge is 0.472 e. The zero-order chi connectivity index (χ0) is 73.2. The SMILES string of the molecule is CCCCC/C=C\C/C=C\C/C=C\C/C=C\CCCC(=O)OC[C@H](COP(=O)(O)OC[C@@H](O)COP(=O)(O)OC[C@@H](COC(=O)CCCCCCC/C=C\CCCCCCCC)OC(=O)CCCCCCC/C=C\C/C=C\CCCCC)OC(=O)CCCCCCC/C=C\CCCCCC. The van der Waals surface area contributed by atoms with Gasteiger partial charge in [0.25, 0.3) is 0 Å². The van der Waals surface area contributed by atoms with Crippen LogP contribution in [0.4, 0.5) is 0 Å². The topological polar surface area (TPSA) is 237 Å². The summed E-state index contributed by atoms with van der Waals surface area (Å²) in [5.41, 5.74) is 0. The molecule has 578 valence electrons. The zero-order valence-electron chi connectivity index (χ0n) is 63.1. The van der Waals surface area contributed by atoms with E-state index in [9.17, 15) is 43.2 Å². The molecular formula is C81H142O17P2. The number of ether oxygens (including phenoxy) is 4. The van der Waals surface area contributed by atoms with Crippen LogP contribution in [0.25, 0.3) is 0 Å². The Kier molecular flexibility index (Phi) is 70.4. The molecule has 19 heteroatoms. The van der Waals surface area contributed by atoms with Crippen LogP contribution in [0.5, 0.6) is 0 Å². The van der Waals surface area contributed by atoms with Gasteiger partial charge in [0, 0.05) is 25.7 Å². The van der Waals surface area contributed by atoms with Gasteiger partial charge in [0.1, 0.15) is 19.3 Å². The van der Waals surface area contributed by atoms with Gasteiger partial charge >= 0.3 is 39.5 Å². The maximum absolute atomic E-state index is 13.1. The lowest BCUT2D eigenvalue weighted by molar-refractivity contribution is -0.161. The molecule has 0 spiro atoms. The number of unbranched alkanes of at least 4 members (excludes halogenated alkanes) is 32. The number of hydrogen-bond donors (Lipinski definition) is 3. The van der Waals surface area contributed by atoms with Gasteiger partial charge in [-0.25, -0.2) is 9.13 Å². The standard InChI is InChI=1S/C81H142O17P2/c1-5-9-13-17-21-25-29-33-36-37-40-43-46-50-54-58-62-66-79(84)92-71-76(97-80(85)67-63-59-55-51-47-41-32-28-24-20-16-12-8-4)73-95-99(87,88)93-69-75(82)70-94-100(89,90)96-74-77(98-81(86)68-64-60-56-52-48-44-39-35-31-27-23-19-15-11-7-3)72-91-78(83)65-61-57-53-49-45-42-38-34-30-26-22-18-14-10-6-2/h21,23,25,27-28,32-36,38-40,43,50,54,75-77,82H,5-20,22,24,26,29-31,37,41-42,44-49,51-53,55-74H2,1-4H3,(H,87,88)(H,89,90)/b25-21-,27-23-,32-28-,36-33-,38-34-,39-35-,43-40-,54-50-/t75-,76-,77-/m1/s1. The number of carbonyl (C=O) groups excluding carboxylic acids is 4. The Bertz CT molecular complexity index is 2270. The number of rotatable bonds is 74. The molecule has 0 aliphatic heterocycles. The molecule has 0 amide bonds. The Morgan fingerprint density at radius 3 is 0.830 bits per heavy atom. The minimum absolute atomic E-state index is 0.0730. The Balaban J connectivity index is 5.40. The molecule has 0 aliphatic rings. The first-order chi connectivity index (χ1) is 48.7. The van der Waals surface area contributed by atoms with Crippen molar-refractivity contribution in [3.05, 3.63) is 97.2 Å². The van der Waals surface area contributed by atoms with Gasteiger partial charge in [-0.3, -0.25) is 37.3 Å². The van der Waals surface area contributed by atoms with E-state index in [4.69, 9.17) is 37.0 Å². The minimum Gasteiger partial charge on any atom is -0.462 e. The third kappa shape index (κ3) is 72.3. The van der Waals surface area contributed by atoms with Crippen molar-refractivity contribution in [3.8, 4) is 0 Å². The quantitative estimate of drug-likeness (QED) is 0.0169. The second-order valence-electron chi connectivity index (χ2n) is 26.3. The average molecular weight is 1450 g/mol. The monoisotopic (exact) mass is 1450 g/mol. The Morgan fingerprint density at radius 1 is 0.280 bits per heavy atom. The van der Waals surface area contributed by atoms with Crippen LogP contribution in [-0.4, -0.2) is 96.7 Å². The Morgan fingerprint density at radius 2 is 0.500 bits per heavy atom. The summed E-state index contributed by atoms with van der Waals surface area (Å²) in [7, 11) is -9.97. The molecule has 0 bridgehead atoms. The fraction of sp³-hybridized carbons (Fsp3) is 0.753. The smallest absolute Gasteiger partial charge is 0.462 e. The van der Waals surface area contributed by atoms with Crippen LogP contribution in [-0.2, 0) is 65.4 Å². The molecule has 0 saturated carbocycles. The predicted molar refractivity (Wildman–Crippen MR) is 409 cm³/mol. The maximum Gasteiger partial charge on any atom is 0.472 e. The molecule has 0 rings (SSSR count). The number of esters is 4. The van der Waals surface area contributed by atoms with E-state index in [-0.39, 0.29) is 25.7 Å². The highest BCUT2D eigenvalue weighted by Gasteiger charge is 2.30. The highest BCUT2D eigenvalue weighted by molar-refractivity contribution is 7.47. The first-order valence-corrected chi connectivity index (χ1v) is 42.5. The number of phosphoric acid groups is 2. The molecule has 0 aromatic heterocycles. The second-order valence-corrected chi connectivity index (χ2v) is 29.2. The van der Waals surface area contributed by atoms with Gasteiger partial charge < -0.3 is 33.8 Å². The van der Waals surface area contributed by atoms with Crippen molar-refractivity contribution >= 4 is 39.5 Å². The molecule has 0 aromatic rings. The Hall–Kier alpha value is -4.02. The van der Waals surface area contributed by atoms with E-state index in [1.807, 2.05) is 12.2 Å². The van der Waals surface area contributed by atoms with E-state index in [1.54, 1.807) is 0 Å². The van der Waals surface area contributed by atoms with Crippen molar-refractivity contribution in [2.75, 3.05) is 39.6 Å². The number of allylic oxidation sites excluding steroid dienone is 16. The van der Waals surface area contributed by atoms with E-state index in [0.717, 1.165) is 148 Å². The van der Waals surface area contributed by atoms with Gasteiger partial charge in [-0.2, -0.15) is 0 Å². The third-order valence-corrected chi connectivity index (χ3v) is 18.4. The molecule has 2 unspecified atom stereocenters. The van der Waals surface area contributed by atoms with Gasteiger partial charge in [0.2, 0.25) is 0 Å². The molecule has 0 heterocycles. The first kappa shape index (κ1) is 96.0. The highest BCUT2D eigenvalue weighted by atomic mass is 31.2. The molecule has 0 fully saturated rings.